The van der Waals surface area contributed by atoms with E-state index in [4.69, 9.17) is 4.74 Å². The van der Waals surface area contributed by atoms with Crippen LogP contribution < -0.4 is 0 Å². The van der Waals surface area contributed by atoms with E-state index in [1.165, 1.54) is 5.57 Å². The van der Waals surface area contributed by atoms with Crippen LogP contribution in [0.5, 0.6) is 0 Å². The molecule has 0 aliphatic carbocycles. The SMILES string of the molecule is C=CC(C)(CCC=C(C)C)OCBr. The van der Waals surface area contributed by atoms with Gasteiger partial charge in [-0.15, -0.1) is 6.58 Å². The fourth-order valence-electron chi connectivity index (χ4n) is 1.01. The fraction of sp³-hybridized carbons (Fsp3) is 0.636. The molecule has 1 nitrogen and oxygen atoms in total. The highest BCUT2D eigenvalue weighted by Crippen LogP contribution is 2.20. The summed E-state index contributed by atoms with van der Waals surface area (Å²) in [6.07, 6.45) is 6.11. The first-order valence-corrected chi connectivity index (χ1v) is 5.63. The lowest BCUT2D eigenvalue weighted by atomic mass is 9.99. The molecule has 0 heterocycles. The van der Waals surface area contributed by atoms with Crippen LogP contribution in [0.3, 0.4) is 0 Å². The quantitative estimate of drug-likeness (QED) is 0.508. The lowest BCUT2D eigenvalue weighted by Crippen LogP contribution is -2.24. The van der Waals surface area contributed by atoms with Crippen molar-refractivity contribution in [2.45, 2.75) is 39.2 Å². The molecular weight excluding hydrogens is 228 g/mol. The molecule has 0 N–H and O–H groups in total. The first-order valence-electron chi connectivity index (χ1n) is 4.51. The van der Waals surface area contributed by atoms with Crippen LogP contribution in [0.15, 0.2) is 24.3 Å². The zero-order valence-corrected chi connectivity index (χ0v) is 10.4. The van der Waals surface area contributed by atoms with E-state index >= 15 is 0 Å². The van der Waals surface area contributed by atoms with Crippen molar-refractivity contribution in [3.8, 4) is 0 Å². The van der Waals surface area contributed by atoms with Crippen molar-refractivity contribution >= 4 is 15.9 Å². The third-order valence-corrected chi connectivity index (χ3v) is 2.24. The van der Waals surface area contributed by atoms with Crippen molar-refractivity contribution in [1.29, 1.82) is 0 Å². The Morgan fingerprint density at radius 1 is 1.54 bits per heavy atom. The fourth-order valence-corrected chi connectivity index (χ4v) is 1.53. The summed E-state index contributed by atoms with van der Waals surface area (Å²) in [4.78, 5) is 0. The van der Waals surface area contributed by atoms with Crippen molar-refractivity contribution < 1.29 is 4.74 Å². The highest BCUT2D eigenvalue weighted by atomic mass is 79.9. The molecule has 0 bridgehead atoms. The number of hydrogen-bond acceptors (Lipinski definition) is 1. The second-order valence-corrected chi connectivity index (χ2v) is 4.05. The summed E-state index contributed by atoms with van der Waals surface area (Å²) >= 11 is 3.26. The zero-order valence-electron chi connectivity index (χ0n) is 8.77. The minimum Gasteiger partial charge on any atom is -0.360 e. The maximum absolute atomic E-state index is 5.53. The van der Waals surface area contributed by atoms with Gasteiger partial charge in [0.15, 0.2) is 0 Å². The lowest BCUT2D eigenvalue weighted by molar-refractivity contribution is 0.0339. The van der Waals surface area contributed by atoms with Gasteiger partial charge in [-0.2, -0.15) is 0 Å². The Labute approximate surface area is 90.0 Å². The number of halogens is 1. The van der Waals surface area contributed by atoms with Crippen molar-refractivity contribution in [1.82, 2.24) is 0 Å². The van der Waals surface area contributed by atoms with Gasteiger partial charge < -0.3 is 4.74 Å². The molecule has 0 aliphatic rings. The topological polar surface area (TPSA) is 9.23 Å². The molecule has 76 valence electrons. The van der Waals surface area contributed by atoms with Crippen LogP contribution in [-0.2, 0) is 4.74 Å². The Hall–Kier alpha value is -0.0800. The zero-order chi connectivity index (χ0) is 10.3. The summed E-state index contributed by atoms with van der Waals surface area (Å²) in [5, 5.41) is 0. The third-order valence-electron chi connectivity index (χ3n) is 2.01. The van der Waals surface area contributed by atoms with E-state index in [0.29, 0.717) is 5.52 Å². The Balaban J connectivity index is 3.97. The Morgan fingerprint density at radius 2 is 2.15 bits per heavy atom. The maximum Gasteiger partial charge on any atom is 0.103 e. The van der Waals surface area contributed by atoms with Crippen LogP contribution >= 0.6 is 15.9 Å². The highest BCUT2D eigenvalue weighted by Gasteiger charge is 2.18. The molecule has 0 saturated heterocycles. The molecule has 0 aliphatic heterocycles. The number of rotatable bonds is 6. The minimum atomic E-state index is -0.199. The Morgan fingerprint density at radius 3 is 2.54 bits per heavy atom. The number of allylic oxidation sites excluding steroid dienone is 2. The van der Waals surface area contributed by atoms with E-state index in [9.17, 15) is 0 Å². The van der Waals surface area contributed by atoms with Crippen LogP contribution in [0.2, 0.25) is 0 Å². The molecule has 1 unspecified atom stereocenters. The number of ether oxygens (including phenoxy) is 1. The van der Waals surface area contributed by atoms with Gasteiger partial charge in [-0.3, -0.25) is 0 Å². The summed E-state index contributed by atoms with van der Waals surface area (Å²) in [5.41, 5.74) is 1.71. The standard InChI is InChI=1S/C11H19BrO/c1-5-11(4,13-9-12)8-6-7-10(2)3/h5,7H,1,6,8-9H2,2-4H3. The first-order chi connectivity index (χ1) is 6.04. The van der Waals surface area contributed by atoms with Crippen molar-refractivity contribution in [2.24, 2.45) is 0 Å². The highest BCUT2D eigenvalue weighted by molar-refractivity contribution is 9.09. The Bertz CT molecular complexity index is 183. The van der Waals surface area contributed by atoms with Crippen LogP contribution in [-0.4, -0.2) is 11.1 Å². The van der Waals surface area contributed by atoms with E-state index in [1.54, 1.807) is 0 Å². The maximum atomic E-state index is 5.53. The van der Waals surface area contributed by atoms with Gasteiger partial charge in [0.1, 0.15) is 5.52 Å². The molecule has 2 heteroatoms. The molecule has 0 aromatic rings. The molecule has 13 heavy (non-hydrogen) atoms. The molecule has 0 aromatic heterocycles. The second kappa shape index (κ2) is 6.39. The normalized spacial score (nSPS) is 14.8. The first kappa shape index (κ1) is 12.9. The average molecular weight is 247 g/mol. The molecule has 1 atom stereocenters. The minimum absolute atomic E-state index is 0.199. The second-order valence-electron chi connectivity index (χ2n) is 3.59. The van der Waals surface area contributed by atoms with E-state index < -0.39 is 0 Å². The predicted octanol–water partition coefficient (Wildman–Crippen LogP) is 4.05. The third kappa shape index (κ3) is 6.05. The largest absolute Gasteiger partial charge is 0.360 e. The summed E-state index contributed by atoms with van der Waals surface area (Å²) in [6, 6.07) is 0. The summed E-state index contributed by atoms with van der Waals surface area (Å²) in [7, 11) is 0. The van der Waals surface area contributed by atoms with E-state index in [-0.39, 0.29) is 5.60 Å². The van der Waals surface area contributed by atoms with Crippen LogP contribution in [0, 0.1) is 0 Å². The van der Waals surface area contributed by atoms with Gasteiger partial charge in [0, 0.05) is 0 Å². The van der Waals surface area contributed by atoms with E-state index in [1.807, 2.05) is 6.08 Å². The van der Waals surface area contributed by atoms with Gasteiger partial charge in [-0.25, -0.2) is 0 Å². The molecule has 0 radical (unpaired) electrons. The molecule has 0 fully saturated rings. The molecule has 0 amide bonds. The van der Waals surface area contributed by atoms with Gasteiger partial charge in [-0.1, -0.05) is 33.7 Å². The van der Waals surface area contributed by atoms with Gasteiger partial charge in [0.25, 0.3) is 0 Å². The average Bonchev–Trinajstić information content (AvgIpc) is 2.04. The van der Waals surface area contributed by atoms with Gasteiger partial charge >= 0.3 is 0 Å². The summed E-state index contributed by atoms with van der Waals surface area (Å²) < 4.78 is 5.53. The molecule has 0 aromatic carbocycles. The lowest BCUT2D eigenvalue weighted by Gasteiger charge is -2.24. The van der Waals surface area contributed by atoms with Crippen molar-refractivity contribution in [2.75, 3.05) is 5.52 Å². The van der Waals surface area contributed by atoms with E-state index in [0.717, 1.165) is 12.8 Å². The van der Waals surface area contributed by atoms with Crippen LogP contribution in [0.4, 0.5) is 0 Å². The smallest absolute Gasteiger partial charge is 0.103 e. The van der Waals surface area contributed by atoms with Crippen molar-refractivity contribution in [3.63, 3.8) is 0 Å². The monoisotopic (exact) mass is 246 g/mol. The molecule has 0 rings (SSSR count). The summed E-state index contributed by atoms with van der Waals surface area (Å²) in [6.45, 7) is 10.1. The van der Waals surface area contributed by atoms with Crippen LogP contribution in [0.25, 0.3) is 0 Å². The van der Waals surface area contributed by atoms with E-state index in [2.05, 4.69) is 49.4 Å². The number of alkyl halides is 1. The van der Waals surface area contributed by atoms with Gasteiger partial charge in [0.05, 0.1) is 5.60 Å². The predicted molar refractivity (Wildman–Crippen MR) is 62.1 cm³/mol. The molecule has 0 spiro atoms. The molecule has 0 saturated carbocycles. The molecular formula is C11H19BrO. The number of hydrogen-bond donors (Lipinski definition) is 0. The van der Waals surface area contributed by atoms with Gasteiger partial charge in [0.2, 0.25) is 0 Å². The van der Waals surface area contributed by atoms with Gasteiger partial charge in [-0.05, 0) is 33.6 Å². The van der Waals surface area contributed by atoms with Crippen LogP contribution in [0.1, 0.15) is 33.6 Å². The summed E-state index contributed by atoms with van der Waals surface area (Å²) in [5.74, 6) is 0. The Kier molecular flexibility index (Phi) is 6.35. The van der Waals surface area contributed by atoms with Crippen molar-refractivity contribution in [3.05, 3.63) is 24.3 Å².